The van der Waals surface area contributed by atoms with Crippen LogP contribution < -0.4 is 4.90 Å². The number of aromatic nitrogens is 4. The Labute approximate surface area is 200 Å². The lowest BCUT2D eigenvalue weighted by molar-refractivity contribution is -0.134. The highest BCUT2D eigenvalue weighted by Crippen LogP contribution is 2.35. The van der Waals surface area contributed by atoms with Crippen molar-refractivity contribution in [2.24, 2.45) is 12.1 Å². The number of anilines is 1. The van der Waals surface area contributed by atoms with Crippen molar-refractivity contribution in [2.75, 3.05) is 37.6 Å². The van der Waals surface area contributed by atoms with Gasteiger partial charge in [0.05, 0.1) is 30.4 Å². The minimum absolute atomic E-state index is 0.00471. The molecule has 0 saturated carbocycles. The van der Waals surface area contributed by atoms with Crippen LogP contribution in [0.4, 0.5) is 5.82 Å². The van der Waals surface area contributed by atoms with Gasteiger partial charge in [0.2, 0.25) is 0 Å². The van der Waals surface area contributed by atoms with E-state index >= 15 is 0 Å². The van der Waals surface area contributed by atoms with Gasteiger partial charge in [-0.15, -0.1) is 11.3 Å². The predicted octanol–water partition coefficient (Wildman–Crippen LogP) is 2.52. The average molecular weight is 477 g/mol. The highest BCUT2D eigenvalue weighted by molar-refractivity contribution is 7.10. The van der Waals surface area contributed by atoms with Gasteiger partial charge in [0.15, 0.2) is 5.65 Å². The van der Waals surface area contributed by atoms with Crippen LogP contribution in [0.2, 0.25) is 0 Å². The van der Waals surface area contributed by atoms with Crippen LogP contribution in [0.25, 0.3) is 11.0 Å². The maximum atomic E-state index is 13.4. The van der Waals surface area contributed by atoms with E-state index in [9.17, 15) is 4.79 Å². The Morgan fingerprint density at radius 1 is 1.18 bits per heavy atom. The van der Waals surface area contributed by atoms with E-state index in [1.807, 2.05) is 36.8 Å². The van der Waals surface area contributed by atoms with Crippen molar-refractivity contribution in [3.63, 3.8) is 0 Å². The molecule has 4 aromatic rings. The van der Waals surface area contributed by atoms with Crippen LogP contribution in [0.3, 0.4) is 0 Å². The highest BCUT2D eigenvalue weighted by Gasteiger charge is 2.35. The van der Waals surface area contributed by atoms with E-state index in [0.717, 1.165) is 59.4 Å². The fourth-order valence-corrected chi connectivity index (χ4v) is 5.43. The molecule has 1 amide bonds. The van der Waals surface area contributed by atoms with Crippen molar-refractivity contribution in [3.05, 3.63) is 59.1 Å². The first-order valence-corrected chi connectivity index (χ1v) is 12.1. The molecule has 1 fully saturated rings. The van der Waals surface area contributed by atoms with Gasteiger partial charge in [-0.1, -0.05) is 6.07 Å². The van der Waals surface area contributed by atoms with Gasteiger partial charge in [-0.25, -0.2) is 15.0 Å². The summed E-state index contributed by atoms with van der Waals surface area (Å²) in [7, 11) is 1.88. The second kappa shape index (κ2) is 8.65. The lowest BCUT2D eigenvalue weighted by atomic mass is 10.1. The monoisotopic (exact) mass is 476 g/mol. The molecule has 11 heteroatoms. The van der Waals surface area contributed by atoms with Gasteiger partial charge in [0.25, 0.3) is 5.91 Å². The van der Waals surface area contributed by atoms with E-state index in [4.69, 9.17) is 4.42 Å². The fourth-order valence-electron chi connectivity index (χ4n) is 4.62. The first-order chi connectivity index (χ1) is 16.7. The van der Waals surface area contributed by atoms with Crippen molar-refractivity contribution < 1.29 is 9.21 Å². The van der Waals surface area contributed by atoms with E-state index in [1.165, 1.54) is 0 Å². The summed E-state index contributed by atoms with van der Waals surface area (Å²) < 4.78 is 7.31. The first-order valence-electron chi connectivity index (χ1n) is 11.2. The fraction of sp³-hybridized carbons (Fsp3) is 0.348. The molecule has 6 rings (SSSR count). The van der Waals surface area contributed by atoms with E-state index in [0.29, 0.717) is 13.0 Å². The lowest BCUT2D eigenvalue weighted by Crippen LogP contribution is -2.49. The molecule has 4 aromatic heterocycles. The number of hydrogen-bond acceptors (Lipinski definition) is 9. The Kier molecular flexibility index (Phi) is 5.34. The number of rotatable bonds is 5. The molecule has 1 unspecified atom stereocenters. The quantitative estimate of drug-likeness (QED) is 0.437. The third-order valence-electron chi connectivity index (χ3n) is 6.38. The molecule has 34 heavy (non-hydrogen) atoms. The van der Waals surface area contributed by atoms with Gasteiger partial charge in [-0.3, -0.25) is 14.4 Å². The number of nitrogens with zero attached hydrogens (tertiary/aromatic N) is 8. The lowest BCUT2D eigenvalue weighted by Gasteiger charge is -2.35. The molecule has 6 heterocycles. The Bertz CT molecular complexity index is 1320. The predicted molar refractivity (Wildman–Crippen MR) is 129 cm³/mol. The highest BCUT2D eigenvalue weighted by atomic mass is 32.1. The molecule has 0 N–H and O–H groups in total. The van der Waals surface area contributed by atoms with Gasteiger partial charge >= 0.3 is 0 Å². The van der Waals surface area contributed by atoms with E-state index < -0.39 is 0 Å². The summed E-state index contributed by atoms with van der Waals surface area (Å²) in [5.41, 5.74) is 1.63. The van der Waals surface area contributed by atoms with Gasteiger partial charge in [0.1, 0.15) is 23.6 Å². The van der Waals surface area contributed by atoms with Crippen LogP contribution in [-0.4, -0.2) is 74.0 Å². The van der Waals surface area contributed by atoms with Crippen molar-refractivity contribution in [2.45, 2.75) is 12.5 Å². The summed E-state index contributed by atoms with van der Waals surface area (Å²) in [4.78, 5) is 27.8. The molecule has 174 valence electrons. The molecule has 0 spiro atoms. The first kappa shape index (κ1) is 21.0. The molecule has 0 bridgehead atoms. The molecule has 2 aliphatic heterocycles. The molecule has 1 saturated heterocycles. The normalized spacial score (nSPS) is 19.2. The van der Waals surface area contributed by atoms with Gasteiger partial charge < -0.3 is 9.32 Å². The molecule has 1 atom stereocenters. The van der Waals surface area contributed by atoms with Crippen LogP contribution >= 0.6 is 11.3 Å². The standard InChI is InChI=1S/C23H24N8O2S/c1-28-22-16(13-26-28)23(25-15-24-22)30-8-6-29(7-9-30)14-21(32)31-18(20-5-3-11-34-20)12-17(27-31)19-4-2-10-33-19/h2-5,10-11,13,15,18H,6-9,12,14H2,1H3. The van der Waals surface area contributed by atoms with Gasteiger partial charge in [-0.05, 0) is 23.6 Å². The zero-order valence-electron chi connectivity index (χ0n) is 18.7. The minimum atomic E-state index is -0.0891. The second-order valence-electron chi connectivity index (χ2n) is 8.46. The molecule has 10 nitrogen and oxygen atoms in total. The summed E-state index contributed by atoms with van der Waals surface area (Å²) in [6.07, 6.45) is 5.69. The van der Waals surface area contributed by atoms with Gasteiger partial charge in [-0.2, -0.15) is 10.2 Å². The maximum absolute atomic E-state index is 13.4. The van der Waals surface area contributed by atoms with Crippen LogP contribution in [0.1, 0.15) is 23.1 Å². The maximum Gasteiger partial charge on any atom is 0.257 e. The number of carbonyl (C=O) groups is 1. The van der Waals surface area contributed by atoms with Crippen molar-refractivity contribution >= 4 is 39.8 Å². The van der Waals surface area contributed by atoms with E-state index in [-0.39, 0.29) is 11.9 Å². The third-order valence-corrected chi connectivity index (χ3v) is 7.36. The minimum Gasteiger partial charge on any atom is -0.463 e. The number of fused-ring (bicyclic) bond motifs is 1. The number of piperazine rings is 1. The third kappa shape index (κ3) is 3.76. The summed E-state index contributed by atoms with van der Waals surface area (Å²) >= 11 is 1.65. The van der Waals surface area contributed by atoms with E-state index in [1.54, 1.807) is 33.6 Å². The average Bonchev–Trinajstić information content (AvgIpc) is 3.66. The Hall–Kier alpha value is -3.57. The topological polar surface area (TPSA) is 95.9 Å². The number of furan rings is 1. The number of hydrazone groups is 1. The molecular weight excluding hydrogens is 452 g/mol. The number of carbonyl (C=O) groups excluding carboxylic acids is 1. The van der Waals surface area contributed by atoms with E-state index in [2.05, 4.69) is 36.0 Å². The largest absolute Gasteiger partial charge is 0.463 e. The van der Waals surface area contributed by atoms with Crippen LogP contribution in [0.5, 0.6) is 0 Å². The summed E-state index contributed by atoms with van der Waals surface area (Å²) in [6.45, 7) is 3.43. The van der Waals surface area contributed by atoms with Gasteiger partial charge in [0, 0.05) is 44.5 Å². The summed E-state index contributed by atoms with van der Waals surface area (Å²) in [6, 6.07) is 7.73. The smallest absolute Gasteiger partial charge is 0.257 e. The number of aryl methyl sites for hydroxylation is 1. The molecule has 0 aromatic carbocycles. The molecule has 2 aliphatic rings. The van der Waals surface area contributed by atoms with Crippen molar-refractivity contribution in [1.82, 2.24) is 29.7 Å². The SMILES string of the molecule is Cn1ncc2c(N3CCN(CC(=O)N4N=C(c5ccco5)CC4c4cccs4)CC3)ncnc21. The number of thiophene rings is 1. The van der Waals surface area contributed by atoms with Crippen LogP contribution in [0.15, 0.2) is 58.0 Å². The van der Waals surface area contributed by atoms with Crippen molar-refractivity contribution in [1.29, 1.82) is 0 Å². The Morgan fingerprint density at radius 2 is 2.06 bits per heavy atom. The van der Waals surface area contributed by atoms with Crippen molar-refractivity contribution in [3.8, 4) is 0 Å². The Balaban J connectivity index is 1.14. The van der Waals surface area contributed by atoms with Crippen LogP contribution in [0, 0.1) is 0 Å². The second-order valence-corrected chi connectivity index (χ2v) is 9.44. The number of hydrogen-bond donors (Lipinski definition) is 0. The zero-order chi connectivity index (χ0) is 23.1. The van der Waals surface area contributed by atoms with Crippen LogP contribution in [-0.2, 0) is 11.8 Å². The number of amides is 1. The molecule has 0 aliphatic carbocycles. The zero-order valence-corrected chi connectivity index (χ0v) is 19.6. The molecule has 0 radical (unpaired) electrons. The summed E-state index contributed by atoms with van der Waals surface area (Å²) in [5, 5.41) is 13.6. The summed E-state index contributed by atoms with van der Waals surface area (Å²) in [5.74, 6) is 1.62. The molecular formula is C23H24N8O2S. The Morgan fingerprint density at radius 3 is 2.82 bits per heavy atom.